The second-order valence-corrected chi connectivity index (χ2v) is 3.40. The van der Waals surface area contributed by atoms with Crippen molar-refractivity contribution in [3.63, 3.8) is 0 Å². The quantitative estimate of drug-likeness (QED) is 0.817. The van der Waals surface area contributed by atoms with E-state index in [1.165, 1.54) is 5.56 Å². The minimum absolute atomic E-state index is 0.952. The number of hydrogen-bond donors (Lipinski definition) is 1. The SMILES string of the molecule is c1ccc(CCNc2ccncc2)cc1. The normalized spacial score (nSPS) is 9.87. The number of nitrogens with one attached hydrogen (secondary N) is 1. The van der Waals surface area contributed by atoms with Gasteiger partial charge in [0.25, 0.3) is 0 Å². The zero-order valence-electron chi connectivity index (χ0n) is 8.56. The first-order chi connectivity index (χ1) is 7.45. The number of anilines is 1. The van der Waals surface area contributed by atoms with Crippen LogP contribution in [0.25, 0.3) is 0 Å². The number of nitrogens with zero attached hydrogens (tertiary/aromatic N) is 1. The molecular formula is C13H14N2. The highest BCUT2D eigenvalue weighted by Crippen LogP contribution is 2.04. The van der Waals surface area contributed by atoms with Crippen molar-refractivity contribution in [1.29, 1.82) is 0 Å². The molecule has 2 aromatic rings. The fourth-order valence-electron chi connectivity index (χ4n) is 1.47. The lowest BCUT2D eigenvalue weighted by atomic mass is 10.1. The molecule has 0 atom stereocenters. The number of hydrogen-bond acceptors (Lipinski definition) is 2. The van der Waals surface area contributed by atoms with E-state index >= 15 is 0 Å². The lowest BCUT2D eigenvalue weighted by molar-refractivity contribution is 1.02. The Morgan fingerprint density at radius 3 is 2.40 bits per heavy atom. The van der Waals surface area contributed by atoms with Crippen LogP contribution < -0.4 is 5.32 Å². The largest absolute Gasteiger partial charge is 0.385 e. The van der Waals surface area contributed by atoms with Gasteiger partial charge in [-0.25, -0.2) is 0 Å². The van der Waals surface area contributed by atoms with Crippen LogP contribution in [0, 0.1) is 0 Å². The lowest BCUT2D eigenvalue weighted by Crippen LogP contribution is -2.04. The summed E-state index contributed by atoms with van der Waals surface area (Å²) in [5, 5.41) is 3.35. The van der Waals surface area contributed by atoms with Crippen LogP contribution in [0.5, 0.6) is 0 Å². The van der Waals surface area contributed by atoms with Gasteiger partial charge in [0.15, 0.2) is 0 Å². The van der Waals surface area contributed by atoms with Gasteiger partial charge in [0.05, 0.1) is 0 Å². The van der Waals surface area contributed by atoms with Crippen LogP contribution in [-0.2, 0) is 6.42 Å². The number of aromatic nitrogens is 1. The Morgan fingerprint density at radius 1 is 0.933 bits per heavy atom. The topological polar surface area (TPSA) is 24.9 Å². The van der Waals surface area contributed by atoms with Crippen molar-refractivity contribution in [1.82, 2.24) is 4.98 Å². The zero-order valence-corrected chi connectivity index (χ0v) is 8.56. The molecule has 2 rings (SSSR count). The van der Waals surface area contributed by atoms with Crippen LogP contribution in [-0.4, -0.2) is 11.5 Å². The molecule has 15 heavy (non-hydrogen) atoms. The van der Waals surface area contributed by atoms with Crippen molar-refractivity contribution in [3.05, 3.63) is 60.4 Å². The highest BCUT2D eigenvalue weighted by molar-refractivity contribution is 5.40. The summed E-state index contributed by atoms with van der Waals surface area (Å²) >= 11 is 0. The predicted molar refractivity (Wildman–Crippen MR) is 62.9 cm³/mol. The van der Waals surface area contributed by atoms with E-state index in [1.807, 2.05) is 18.2 Å². The average Bonchev–Trinajstić information content (AvgIpc) is 2.32. The average molecular weight is 198 g/mol. The third kappa shape index (κ3) is 3.09. The van der Waals surface area contributed by atoms with Crippen molar-refractivity contribution in [2.45, 2.75) is 6.42 Å². The van der Waals surface area contributed by atoms with Crippen LogP contribution in [0.15, 0.2) is 54.9 Å². The van der Waals surface area contributed by atoms with Crippen molar-refractivity contribution in [2.24, 2.45) is 0 Å². The molecule has 0 bridgehead atoms. The fraction of sp³-hybridized carbons (Fsp3) is 0.154. The molecule has 76 valence electrons. The Kier molecular flexibility index (Phi) is 3.34. The van der Waals surface area contributed by atoms with E-state index in [4.69, 9.17) is 0 Å². The summed E-state index contributed by atoms with van der Waals surface area (Å²) in [5.41, 5.74) is 2.49. The maximum absolute atomic E-state index is 3.97. The molecule has 0 amide bonds. The molecule has 0 saturated carbocycles. The zero-order chi connectivity index (χ0) is 10.3. The summed E-state index contributed by atoms with van der Waals surface area (Å²) in [6.45, 7) is 0.952. The van der Waals surface area contributed by atoms with Gasteiger partial charge in [-0.2, -0.15) is 0 Å². The smallest absolute Gasteiger partial charge is 0.0371 e. The van der Waals surface area contributed by atoms with E-state index in [1.54, 1.807) is 12.4 Å². The summed E-state index contributed by atoms with van der Waals surface area (Å²) in [5.74, 6) is 0. The number of benzene rings is 1. The summed E-state index contributed by atoms with van der Waals surface area (Å²) in [7, 11) is 0. The van der Waals surface area contributed by atoms with Crippen LogP contribution in [0.2, 0.25) is 0 Å². The second-order valence-electron chi connectivity index (χ2n) is 3.40. The Labute approximate surface area is 90.0 Å². The molecule has 1 N–H and O–H groups in total. The van der Waals surface area contributed by atoms with Crippen molar-refractivity contribution < 1.29 is 0 Å². The molecule has 0 aliphatic carbocycles. The molecule has 1 aromatic carbocycles. The Hall–Kier alpha value is -1.83. The maximum Gasteiger partial charge on any atom is 0.0371 e. The van der Waals surface area contributed by atoms with Gasteiger partial charge < -0.3 is 5.32 Å². The Balaban J connectivity index is 1.81. The Bertz CT molecular complexity index is 344. The number of rotatable bonds is 4. The van der Waals surface area contributed by atoms with E-state index < -0.39 is 0 Å². The molecule has 0 aliphatic rings. The van der Waals surface area contributed by atoms with Gasteiger partial charge in [-0.3, -0.25) is 4.98 Å². The first-order valence-electron chi connectivity index (χ1n) is 5.13. The minimum Gasteiger partial charge on any atom is -0.385 e. The summed E-state index contributed by atoms with van der Waals surface area (Å²) < 4.78 is 0. The fourth-order valence-corrected chi connectivity index (χ4v) is 1.47. The molecular weight excluding hydrogens is 184 g/mol. The molecule has 0 saturated heterocycles. The molecule has 1 aromatic heterocycles. The molecule has 0 unspecified atom stereocenters. The standard InChI is InChI=1S/C13H14N2/c1-2-4-12(5-3-1)6-11-15-13-7-9-14-10-8-13/h1-5,7-10H,6,11H2,(H,14,15). The van der Waals surface area contributed by atoms with Gasteiger partial charge >= 0.3 is 0 Å². The highest BCUT2D eigenvalue weighted by atomic mass is 14.9. The first-order valence-corrected chi connectivity index (χ1v) is 5.13. The third-order valence-corrected chi connectivity index (χ3v) is 2.27. The van der Waals surface area contributed by atoms with Gasteiger partial charge in [-0.15, -0.1) is 0 Å². The molecule has 0 radical (unpaired) electrons. The molecule has 0 spiro atoms. The van der Waals surface area contributed by atoms with Gasteiger partial charge in [0.1, 0.15) is 0 Å². The van der Waals surface area contributed by atoms with Crippen molar-refractivity contribution >= 4 is 5.69 Å². The second kappa shape index (κ2) is 5.15. The monoisotopic (exact) mass is 198 g/mol. The van der Waals surface area contributed by atoms with E-state index in [-0.39, 0.29) is 0 Å². The van der Waals surface area contributed by atoms with Crippen LogP contribution >= 0.6 is 0 Å². The van der Waals surface area contributed by atoms with Gasteiger partial charge in [0.2, 0.25) is 0 Å². The van der Waals surface area contributed by atoms with Crippen molar-refractivity contribution in [2.75, 3.05) is 11.9 Å². The summed E-state index contributed by atoms with van der Waals surface area (Å²) in [6, 6.07) is 14.4. The molecule has 0 fully saturated rings. The Morgan fingerprint density at radius 2 is 1.67 bits per heavy atom. The van der Waals surface area contributed by atoms with E-state index in [0.29, 0.717) is 0 Å². The molecule has 1 heterocycles. The minimum atomic E-state index is 0.952. The van der Waals surface area contributed by atoms with E-state index in [2.05, 4.69) is 34.6 Å². The molecule has 0 aliphatic heterocycles. The summed E-state index contributed by atoms with van der Waals surface area (Å²) in [6.07, 6.45) is 4.64. The van der Waals surface area contributed by atoms with Crippen LogP contribution in [0.4, 0.5) is 5.69 Å². The van der Waals surface area contributed by atoms with Gasteiger partial charge in [-0.05, 0) is 24.1 Å². The maximum atomic E-state index is 3.97. The lowest BCUT2D eigenvalue weighted by Gasteiger charge is -2.05. The van der Waals surface area contributed by atoms with E-state index in [9.17, 15) is 0 Å². The first kappa shape index (κ1) is 9.71. The highest BCUT2D eigenvalue weighted by Gasteiger charge is 1.92. The van der Waals surface area contributed by atoms with E-state index in [0.717, 1.165) is 18.7 Å². The third-order valence-electron chi connectivity index (χ3n) is 2.27. The predicted octanol–water partition coefficient (Wildman–Crippen LogP) is 2.74. The van der Waals surface area contributed by atoms with Crippen LogP contribution in [0.3, 0.4) is 0 Å². The van der Waals surface area contributed by atoms with Gasteiger partial charge in [-0.1, -0.05) is 30.3 Å². The number of pyridine rings is 1. The van der Waals surface area contributed by atoms with Gasteiger partial charge in [0, 0.05) is 24.6 Å². The molecule has 2 heteroatoms. The molecule has 2 nitrogen and oxygen atoms in total. The summed E-state index contributed by atoms with van der Waals surface area (Å²) in [4.78, 5) is 3.97. The van der Waals surface area contributed by atoms with Crippen LogP contribution in [0.1, 0.15) is 5.56 Å². The van der Waals surface area contributed by atoms with Crippen molar-refractivity contribution in [3.8, 4) is 0 Å².